The van der Waals surface area contributed by atoms with Gasteiger partial charge in [0.1, 0.15) is 0 Å². The van der Waals surface area contributed by atoms with Gasteiger partial charge in [-0.05, 0) is 30.3 Å². The summed E-state index contributed by atoms with van der Waals surface area (Å²) in [6.07, 6.45) is 1.37. The molecular weight excluding hydrogens is 474 g/mol. The first kappa shape index (κ1) is 24.8. The number of morpholine rings is 1. The van der Waals surface area contributed by atoms with Crippen LogP contribution >= 0.6 is 11.6 Å². The van der Waals surface area contributed by atoms with Crippen LogP contribution in [-0.2, 0) is 24.4 Å². The highest BCUT2D eigenvalue weighted by Gasteiger charge is 2.26. The Kier molecular flexibility index (Phi) is 8.50. The van der Waals surface area contributed by atoms with E-state index in [-0.39, 0.29) is 24.6 Å². The van der Waals surface area contributed by atoms with Crippen LogP contribution in [-0.4, -0.2) is 72.0 Å². The van der Waals surface area contributed by atoms with Crippen LogP contribution in [0.25, 0.3) is 0 Å². The number of carbonyl (C=O) groups excluding carboxylic acids is 1. The fourth-order valence-corrected chi connectivity index (χ4v) is 4.82. The summed E-state index contributed by atoms with van der Waals surface area (Å²) in [6.45, 7) is 0.899. The summed E-state index contributed by atoms with van der Waals surface area (Å²) in [6, 6.07) is 9.29. The van der Waals surface area contributed by atoms with Gasteiger partial charge in [0.2, 0.25) is 10.0 Å². The number of nitrogens with zero attached hydrogens (tertiary/aromatic N) is 2. The van der Waals surface area contributed by atoms with E-state index < -0.39 is 15.9 Å². The molecule has 178 valence electrons. The molecule has 0 saturated carbocycles. The Morgan fingerprint density at radius 3 is 2.67 bits per heavy atom. The molecule has 2 aromatic carbocycles. The normalized spacial score (nSPS) is 14.8. The summed E-state index contributed by atoms with van der Waals surface area (Å²) >= 11 is 6.14. The Morgan fingerprint density at radius 2 is 1.97 bits per heavy atom. The van der Waals surface area contributed by atoms with Gasteiger partial charge in [0.05, 0.1) is 43.6 Å². The van der Waals surface area contributed by atoms with Crippen molar-refractivity contribution in [3.05, 3.63) is 47.0 Å². The van der Waals surface area contributed by atoms with Crippen molar-refractivity contribution in [2.75, 3.05) is 52.4 Å². The molecular formula is C21H24ClN3O7S. The Labute approximate surface area is 197 Å². The molecule has 0 bridgehead atoms. The highest BCUT2D eigenvalue weighted by molar-refractivity contribution is 7.89. The molecule has 1 heterocycles. The first-order valence-corrected chi connectivity index (χ1v) is 11.7. The van der Waals surface area contributed by atoms with Crippen molar-refractivity contribution in [2.24, 2.45) is 5.16 Å². The predicted octanol–water partition coefficient (Wildman–Crippen LogP) is 2.37. The molecule has 0 unspecified atom stereocenters. The minimum absolute atomic E-state index is 0.0893. The monoisotopic (exact) mass is 497 g/mol. The zero-order valence-electron chi connectivity index (χ0n) is 18.1. The van der Waals surface area contributed by atoms with Gasteiger partial charge in [-0.3, -0.25) is 4.79 Å². The topological polar surface area (TPSA) is 116 Å². The number of anilines is 1. The smallest absolute Gasteiger partial charge is 0.265 e. The van der Waals surface area contributed by atoms with Crippen molar-refractivity contribution in [3.8, 4) is 11.5 Å². The standard InChI is InChI=1S/C21H24ClN3O7S/c1-29-19-11-15(10-18(22)21(19)30-2)13-23-32-14-20(26)24-16-4-3-5-17(12-16)33(27,28)25-6-8-31-9-7-25/h3-5,10-13H,6-9,14H2,1-2H3,(H,24,26)/b23-13+. The number of sulfonamides is 1. The van der Waals surface area contributed by atoms with Gasteiger partial charge in [0.15, 0.2) is 18.1 Å². The molecule has 0 aliphatic carbocycles. The van der Waals surface area contributed by atoms with Crippen molar-refractivity contribution in [2.45, 2.75) is 4.90 Å². The number of methoxy groups -OCH3 is 2. The molecule has 12 heteroatoms. The summed E-state index contributed by atoms with van der Waals surface area (Å²) in [7, 11) is -0.707. The quantitative estimate of drug-likeness (QED) is 0.417. The second-order valence-corrected chi connectivity index (χ2v) is 9.18. The summed E-state index contributed by atoms with van der Waals surface area (Å²) in [5, 5.41) is 6.69. The maximum absolute atomic E-state index is 12.8. The van der Waals surface area contributed by atoms with Crippen molar-refractivity contribution in [3.63, 3.8) is 0 Å². The zero-order chi connectivity index (χ0) is 23.8. The summed E-state index contributed by atoms with van der Waals surface area (Å²) in [5.74, 6) is 0.323. The first-order chi connectivity index (χ1) is 15.8. The lowest BCUT2D eigenvalue weighted by Crippen LogP contribution is -2.40. The molecule has 1 saturated heterocycles. The molecule has 1 aliphatic rings. The third-order valence-corrected chi connectivity index (χ3v) is 6.83. The molecule has 1 N–H and O–H groups in total. The first-order valence-electron chi connectivity index (χ1n) is 9.90. The lowest BCUT2D eigenvalue weighted by atomic mass is 10.2. The molecule has 0 aromatic heterocycles. The van der Waals surface area contributed by atoms with Gasteiger partial charge in [-0.25, -0.2) is 8.42 Å². The number of hydrogen-bond acceptors (Lipinski definition) is 8. The third-order valence-electron chi connectivity index (χ3n) is 4.65. The van der Waals surface area contributed by atoms with E-state index in [2.05, 4.69) is 10.5 Å². The van der Waals surface area contributed by atoms with Crippen LogP contribution in [0.5, 0.6) is 11.5 Å². The molecule has 0 radical (unpaired) electrons. The number of carbonyl (C=O) groups is 1. The maximum atomic E-state index is 12.8. The maximum Gasteiger partial charge on any atom is 0.265 e. The van der Waals surface area contributed by atoms with E-state index in [1.807, 2.05) is 0 Å². The van der Waals surface area contributed by atoms with E-state index in [4.69, 9.17) is 30.6 Å². The Morgan fingerprint density at radius 1 is 1.21 bits per heavy atom. The van der Waals surface area contributed by atoms with Gasteiger partial charge in [0, 0.05) is 24.3 Å². The van der Waals surface area contributed by atoms with E-state index >= 15 is 0 Å². The van der Waals surface area contributed by atoms with E-state index in [0.717, 1.165) is 0 Å². The lowest BCUT2D eigenvalue weighted by molar-refractivity contribution is -0.120. The van der Waals surface area contributed by atoms with Crippen molar-refractivity contribution >= 4 is 39.4 Å². The van der Waals surface area contributed by atoms with Crippen molar-refractivity contribution in [1.82, 2.24) is 4.31 Å². The average molecular weight is 498 g/mol. The Balaban J connectivity index is 1.57. The molecule has 2 aromatic rings. The van der Waals surface area contributed by atoms with Gasteiger partial charge in [-0.15, -0.1) is 0 Å². The van der Waals surface area contributed by atoms with Crippen molar-refractivity contribution < 1.29 is 32.3 Å². The molecule has 10 nitrogen and oxygen atoms in total. The molecule has 1 amide bonds. The van der Waals surface area contributed by atoms with Crippen LogP contribution in [0.15, 0.2) is 46.4 Å². The molecule has 1 aliphatic heterocycles. The number of rotatable bonds is 9. The van der Waals surface area contributed by atoms with Crippen LogP contribution < -0.4 is 14.8 Å². The SMILES string of the molecule is COc1cc(/C=N/OCC(=O)Nc2cccc(S(=O)(=O)N3CCOCC3)c2)cc(Cl)c1OC. The molecule has 33 heavy (non-hydrogen) atoms. The van der Waals surface area contributed by atoms with E-state index in [9.17, 15) is 13.2 Å². The van der Waals surface area contributed by atoms with Crippen LogP contribution in [0, 0.1) is 0 Å². The lowest BCUT2D eigenvalue weighted by Gasteiger charge is -2.26. The van der Waals surface area contributed by atoms with Gasteiger partial charge in [-0.1, -0.05) is 22.8 Å². The van der Waals surface area contributed by atoms with Gasteiger partial charge in [-0.2, -0.15) is 4.31 Å². The Hall–Kier alpha value is -2.86. The minimum atomic E-state index is -3.67. The molecule has 0 spiro atoms. The number of hydrogen-bond donors (Lipinski definition) is 1. The van der Waals surface area contributed by atoms with E-state index in [1.54, 1.807) is 24.3 Å². The van der Waals surface area contributed by atoms with Crippen LogP contribution in [0.4, 0.5) is 5.69 Å². The van der Waals surface area contributed by atoms with Crippen LogP contribution in [0.1, 0.15) is 5.56 Å². The zero-order valence-corrected chi connectivity index (χ0v) is 19.7. The number of amides is 1. The number of halogens is 1. The van der Waals surface area contributed by atoms with Crippen LogP contribution in [0.3, 0.4) is 0 Å². The molecule has 3 rings (SSSR count). The fourth-order valence-electron chi connectivity index (χ4n) is 3.07. The highest BCUT2D eigenvalue weighted by atomic mass is 35.5. The van der Waals surface area contributed by atoms with E-state index in [1.165, 1.54) is 36.9 Å². The summed E-state index contributed by atoms with van der Waals surface area (Å²) in [4.78, 5) is 17.3. The molecule has 1 fully saturated rings. The fraction of sp³-hybridized carbons (Fsp3) is 0.333. The second-order valence-electron chi connectivity index (χ2n) is 6.84. The molecule has 0 atom stereocenters. The van der Waals surface area contributed by atoms with Crippen molar-refractivity contribution in [1.29, 1.82) is 0 Å². The number of nitrogens with one attached hydrogen (secondary N) is 1. The van der Waals surface area contributed by atoms with Gasteiger partial charge >= 0.3 is 0 Å². The number of benzene rings is 2. The largest absolute Gasteiger partial charge is 0.493 e. The second kappa shape index (κ2) is 11.3. The minimum Gasteiger partial charge on any atom is -0.493 e. The number of ether oxygens (including phenoxy) is 3. The van der Waals surface area contributed by atoms with Crippen LogP contribution in [0.2, 0.25) is 5.02 Å². The summed E-state index contributed by atoms with van der Waals surface area (Å²) in [5.41, 5.74) is 0.910. The predicted molar refractivity (Wildman–Crippen MR) is 123 cm³/mol. The summed E-state index contributed by atoms with van der Waals surface area (Å²) < 4.78 is 42.5. The highest BCUT2D eigenvalue weighted by Crippen LogP contribution is 2.35. The van der Waals surface area contributed by atoms with Gasteiger partial charge < -0.3 is 24.4 Å². The van der Waals surface area contributed by atoms with Gasteiger partial charge in [0.25, 0.3) is 5.91 Å². The average Bonchev–Trinajstić information content (AvgIpc) is 2.82. The third kappa shape index (κ3) is 6.35. The van der Waals surface area contributed by atoms with E-state index in [0.29, 0.717) is 41.0 Å². The Bertz CT molecular complexity index is 1120. The number of oxime groups is 1.